The summed E-state index contributed by atoms with van der Waals surface area (Å²) in [5.41, 5.74) is 0. The van der Waals surface area contributed by atoms with Crippen molar-refractivity contribution in [3.63, 3.8) is 0 Å². The molecule has 0 aromatic rings. The third-order valence-corrected chi connectivity index (χ3v) is 5.61. The van der Waals surface area contributed by atoms with Crippen LogP contribution in [0.3, 0.4) is 0 Å². The summed E-state index contributed by atoms with van der Waals surface area (Å²) in [5, 5.41) is 3.83. The molecule has 0 aromatic carbocycles. The summed E-state index contributed by atoms with van der Waals surface area (Å²) in [4.78, 5) is 2.84. The van der Waals surface area contributed by atoms with Crippen molar-refractivity contribution in [2.24, 2.45) is 11.8 Å². The average molecular weight is 281 g/mol. The Morgan fingerprint density at radius 1 is 1.00 bits per heavy atom. The molecule has 3 unspecified atom stereocenters. The van der Waals surface area contributed by atoms with E-state index in [-0.39, 0.29) is 0 Å². The van der Waals surface area contributed by atoms with Gasteiger partial charge < -0.3 is 5.32 Å². The predicted molar refractivity (Wildman–Crippen MR) is 88.1 cm³/mol. The lowest BCUT2D eigenvalue weighted by Crippen LogP contribution is -2.52. The first kappa shape index (κ1) is 16.3. The van der Waals surface area contributed by atoms with Crippen LogP contribution in [-0.2, 0) is 0 Å². The molecule has 3 atom stereocenters. The van der Waals surface area contributed by atoms with Crippen molar-refractivity contribution >= 4 is 0 Å². The third kappa shape index (κ3) is 4.46. The maximum absolute atomic E-state index is 3.83. The van der Waals surface area contributed by atoms with Gasteiger partial charge in [0.05, 0.1) is 0 Å². The Kier molecular flexibility index (Phi) is 6.83. The van der Waals surface area contributed by atoms with Gasteiger partial charge in [-0.25, -0.2) is 0 Å². The van der Waals surface area contributed by atoms with Crippen LogP contribution < -0.4 is 5.32 Å². The highest BCUT2D eigenvalue weighted by Gasteiger charge is 2.31. The molecule has 118 valence electrons. The largest absolute Gasteiger partial charge is 0.312 e. The van der Waals surface area contributed by atoms with Crippen LogP contribution in [0.1, 0.15) is 72.1 Å². The van der Waals surface area contributed by atoms with Gasteiger partial charge in [-0.15, -0.1) is 0 Å². The van der Waals surface area contributed by atoms with E-state index < -0.39 is 0 Å². The maximum atomic E-state index is 3.83. The molecule has 20 heavy (non-hydrogen) atoms. The highest BCUT2D eigenvalue weighted by molar-refractivity contribution is 4.89. The van der Waals surface area contributed by atoms with Gasteiger partial charge in [-0.2, -0.15) is 0 Å². The summed E-state index contributed by atoms with van der Waals surface area (Å²) in [7, 11) is 0. The van der Waals surface area contributed by atoms with E-state index in [0.717, 1.165) is 23.9 Å². The fraction of sp³-hybridized carbons (Fsp3) is 1.00. The van der Waals surface area contributed by atoms with Crippen molar-refractivity contribution < 1.29 is 0 Å². The molecule has 1 aliphatic carbocycles. The second-order valence-corrected chi connectivity index (χ2v) is 7.38. The molecule has 1 saturated heterocycles. The van der Waals surface area contributed by atoms with Gasteiger partial charge >= 0.3 is 0 Å². The third-order valence-electron chi connectivity index (χ3n) is 5.61. The summed E-state index contributed by atoms with van der Waals surface area (Å²) in [6.07, 6.45) is 11.3. The molecule has 0 radical (unpaired) electrons. The normalized spacial score (nSPS) is 33.3. The van der Waals surface area contributed by atoms with E-state index in [0.29, 0.717) is 0 Å². The Morgan fingerprint density at radius 3 is 2.55 bits per heavy atom. The van der Waals surface area contributed by atoms with Gasteiger partial charge in [-0.1, -0.05) is 33.6 Å². The molecule has 2 nitrogen and oxygen atoms in total. The summed E-state index contributed by atoms with van der Waals surface area (Å²) < 4.78 is 0. The lowest BCUT2D eigenvalue weighted by molar-refractivity contribution is 0.123. The molecule has 0 aromatic heterocycles. The van der Waals surface area contributed by atoms with E-state index in [2.05, 4.69) is 31.0 Å². The van der Waals surface area contributed by atoms with Gasteiger partial charge in [0.15, 0.2) is 0 Å². The number of likely N-dealkylation sites (tertiary alicyclic amines) is 1. The molecule has 0 amide bonds. The van der Waals surface area contributed by atoms with Crippen molar-refractivity contribution in [3.05, 3.63) is 0 Å². The summed E-state index contributed by atoms with van der Waals surface area (Å²) >= 11 is 0. The molecule has 1 saturated carbocycles. The van der Waals surface area contributed by atoms with E-state index in [1.807, 2.05) is 0 Å². The first-order valence-electron chi connectivity index (χ1n) is 9.19. The fourth-order valence-electron chi connectivity index (χ4n) is 4.26. The monoisotopic (exact) mass is 280 g/mol. The van der Waals surface area contributed by atoms with Gasteiger partial charge in [0.1, 0.15) is 0 Å². The number of nitrogens with one attached hydrogen (secondary N) is 1. The van der Waals surface area contributed by atoms with Crippen molar-refractivity contribution in [2.45, 2.75) is 84.2 Å². The SMILES string of the molecule is CCCNC1CCCCC1N1CCCC(C(C)C)CC1. The molecule has 2 fully saturated rings. The zero-order chi connectivity index (χ0) is 14.4. The molecular formula is C18H36N2. The number of hydrogen-bond acceptors (Lipinski definition) is 2. The molecule has 2 rings (SSSR count). The minimum atomic E-state index is 0.763. The summed E-state index contributed by atoms with van der Waals surface area (Å²) in [6.45, 7) is 11.0. The Balaban J connectivity index is 1.90. The molecule has 1 heterocycles. The summed E-state index contributed by atoms with van der Waals surface area (Å²) in [6, 6.07) is 1.58. The van der Waals surface area contributed by atoms with Gasteiger partial charge in [-0.3, -0.25) is 4.90 Å². The second kappa shape index (κ2) is 8.38. The lowest BCUT2D eigenvalue weighted by Gasteiger charge is -2.40. The Bertz CT molecular complexity index is 264. The van der Waals surface area contributed by atoms with Crippen LogP contribution in [-0.4, -0.2) is 36.6 Å². The molecular weight excluding hydrogens is 244 g/mol. The molecule has 2 aliphatic rings. The Labute approximate surface area is 126 Å². The molecule has 1 aliphatic heterocycles. The van der Waals surface area contributed by atoms with Crippen molar-refractivity contribution in [3.8, 4) is 0 Å². The van der Waals surface area contributed by atoms with Crippen LogP contribution >= 0.6 is 0 Å². The molecule has 0 bridgehead atoms. The summed E-state index contributed by atoms with van der Waals surface area (Å²) in [5.74, 6) is 1.83. The van der Waals surface area contributed by atoms with Crippen LogP contribution in [0.15, 0.2) is 0 Å². The quantitative estimate of drug-likeness (QED) is 0.817. The molecule has 2 heteroatoms. The van der Waals surface area contributed by atoms with E-state index in [1.165, 1.54) is 71.0 Å². The first-order valence-corrected chi connectivity index (χ1v) is 9.19. The lowest BCUT2D eigenvalue weighted by atomic mass is 9.88. The standard InChI is InChI=1S/C18H36N2/c1-4-12-19-17-9-5-6-10-18(17)20-13-7-8-16(11-14-20)15(2)3/h15-19H,4-14H2,1-3H3. The highest BCUT2D eigenvalue weighted by atomic mass is 15.2. The smallest absolute Gasteiger partial charge is 0.0249 e. The minimum absolute atomic E-state index is 0.763. The van der Waals surface area contributed by atoms with Crippen molar-refractivity contribution in [1.82, 2.24) is 10.2 Å². The number of nitrogens with zero attached hydrogens (tertiary/aromatic N) is 1. The number of hydrogen-bond donors (Lipinski definition) is 1. The highest BCUT2D eigenvalue weighted by Crippen LogP contribution is 2.29. The van der Waals surface area contributed by atoms with Crippen LogP contribution in [0.4, 0.5) is 0 Å². The first-order chi connectivity index (χ1) is 9.72. The van der Waals surface area contributed by atoms with Crippen molar-refractivity contribution in [1.29, 1.82) is 0 Å². The van der Waals surface area contributed by atoms with Gasteiger partial charge in [0, 0.05) is 12.1 Å². The molecule has 1 N–H and O–H groups in total. The number of rotatable bonds is 5. The topological polar surface area (TPSA) is 15.3 Å². The van der Waals surface area contributed by atoms with Crippen LogP contribution in [0, 0.1) is 11.8 Å². The zero-order valence-electron chi connectivity index (χ0n) is 14.0. The molecule has 0 spiro atoms. The van der Waals surface area contributed by atoms with E-state index >= 15 is 0 Å². The fourth-order valence-corrected chi connectivity index (χ4v) is 4.26. The maximum Gasteiger partial charge on any atom is 0.0249 e. The average Bonchev–Trinajstić information content (AvgIpc) is 2.71. The predicted octanol–water partition coefficient (Wildman–Crippen LogP) is 4.06. The Hall–Kier alpha value is -0.0800. The van der Waals surface area contributed by atoms with Gasteiger partial charge in [0.2, 0.25) is 0 Å². The zero-order valence-corrected chi connectivity index (χ0v) is 14.0. The Morgan fingerprint density at radius 2 is 1.80 bits per heavy atom. The van der Waals surface area contributed by atoms with Crippen molar-refractivity contribution in [2.75, 3.05) is 19.6 Å². The van der Waals surface area contributed by atoms with Crippen LogP contribution in [0.5, 0.6) is 0 Å². The van der Waals surface area contributed by atoms with E-state index in [9.17, 15) is 0 Å². The minimum Gasteiger partial charge on any atom is -0.312 e. The van der Waals surface area contributed by atoms with Crippen LogP contribution in [0.2, 0.25) is 0 Å². The van der Waals surface area contributed by atoms with E-state index in [4.69, 9.17) is 0 Å². The van der Waals surface area contributed by atoms with Gasteiger partial charge in [0.25, 0.3) is 0 Å². The second-order valence-electron chi connectivity index (χ2n) is 7.38. The van der Waals surface area contributed by atoms with E-state index in [1.54, 1.807) is 0 Å². The van der Waals surface area contributed by atoms with Crippen LogP contribution in [0.25, 0.3) is 0 Å². The van der Waals surface area contributed by atoms with Gasteiger partial charge in [-0.05, 0) is 70.0 Å².